The first-order valence-corrected chi connectivity index (χ1v) is 8.81. The minimum atomic E-state index is 0.134. The Balaban J connectivity index is 1.42. The van der Waals surface area contributed by atoms with Crippen LogP contribution >= 0.6 is 0 Å². The predicted molar refractivity (Wildman–Crippen MR) is 94.4 cm³/mol. The molecule has 24 heavy (non-hydrogen) atoms. The maximum absolute atomic E-state index is 12.2. The van der Waals surface area contributed by atoms with Crippen LogP contribution in [0.25, 0.3) is 0 Å². The van der Waals surface area contributed by atoms with Gasteiger partial charge in [-0.05, 0) is 56.1 Å². The summed E-state index contributed by atoms with van der Waals surface area (Å²) >= 11 is 0. The molecule has 1 aliphatic rings. The number of benzene rings is 1. The van der Waals surface area contributed by atoms with Crippen LogP contribution < -0.4 is 5.32 Å². The van der Waals surface area contributed by atoms with Crippen LogP contribution in [0.5, 0.6) is 0 Å². The molecule has 1 aliphatic carbocycles. The van der Waals surface area contributed by atoms with Crippen LogP contribution in [0.1, 0.15) is 55.1 Å². The molecule has 0 saturated heterocycles. The molecular weight excluding hydrogens is 298 g/mol. The Kier molecular flexibility index (Phi) is 5.57. The summed E-state index contributed by atoms with van der Waals surface area (Å²) in [6.45, 7) is 2.35. The van der Waals surface area contributed by atoms with Gasteiger partial charge in [0.05, 0.1) is 12.2 Å². The monoisotopic (exact) mass is 323 g/mol. The highest BCUT2D eigenvalue weighted by Gasteiger charge is 2.23. The Labute approximate surface area is 143 Å². The molecule has 0 aliphatic heterocycles. The Morgan fingerprint density at radius 1 is 1.12 bits per heavy atom. The highest BCUT2D eigenvalue weighted by Crippen LogP contribution is 2.36. The number of hydrogen-bond acceptors (Lipinski definition) is 3. The van der Waals surface area contributed by atoms with E-state index in [1.165, 1.54) is 18.4 Å². The van der Waals surface area contributed by atoms with E-state index in [9.17, 15) is 4.79 Å². The lowest BCUT2D eigenvalue weighted by Crippen LogP contribution is -2.27. The molecule has 1 saturated carbocycles. The van der Waals surface area contributed by atoms with Crippen molar-refractivity contribution < 1.29 is 4.79 Å². The van der Waals surface area contributed by atoms with Gasteiger partial charge in [-0.25, -0.2) is 9.97 Å². The van der Waals surface area contributed by atoms with Gasteiger partial charge < -0.3 is 5.32 Å². The van der Waals surface area contributed by atoms with E-state index in [2.05, 4.69) is 45.6 Å². The molecule has 1 aromatic carbocycles. The lowest BCUT2D eigenvalue weighted by atomic mass is 9.77. The highest BCUT2D eigenvalue weighted by atomic mass is 16.1. The Bertz CT molecular complexity index is 664. The third kappa shape index (κ3) is 4.63. The minimum absolute atomic E-state index is 0.134. The van der Waals surface area contributed by atoms with Gasteiger partial charge in [0.1, 0.15) is 5.82 Å². The zero-order chi connectivity index (χ0) is 16.8. The molecule has 1 N–H and O–H groups in total. The number of hydrogen-bond donors (Lipinski definition) is 1. The molecular formula is C20H25N3O. The number of carbonyl (C=O) groups is 1. The average molecular weight is 323 g/mol. The van der Waals surface area contributed by atoms with Crippen molar-refractivity contribution in [2.45, 2.75) is 51.5 Å². The van der Waals surface area contributed by atoms with Crippen LogP contribution in [0.15, 0.2) is 42.6 Å². The van der Waals surface area contributed by atoms with E-state index < -0.39 is 0 Å². The second kappa shape index (κ2) is 8.04. The second-order valence-electron chi connectivity index (χ2n) is 6.70. The fourth-order valence-corrected chi connectivity index (χ4v) is 3.55. The van der Waals surface area contributed by atoms with Crippen molar-refractivity contribution in [2.75, 3.05) is 0 Å². The van der Waals surface area contributed by atoms with Crippen molar-refractivity contribution in [3.05, 3.63) is 59.7 Å². The van der Waals surface area contributed by atoms with Gasteiger partial charge in [-0.1, -0.05) is 30.3 Å². The molecule has 1 aromatic heterocycles. The summed E-state index contributed by atoms with van der Waals surface area (Å²) < 4.78 is 0. The van der Waals surface area contributed by atoms with Gasteiger partial charge >= 0.3 is 0 Å². The van der Waals surface area contributed by atoms with Gasteiger partial charge in [0, 0.05) is 12.6 Å². The van der Waals surface area contributed by atoms with Crippen molar-refractivity contribution in [1.29, 1.82) is 0 Å². The smallest absolute Gasteiger partial charge is 0.220 e. The molecule has 0 spiro atoms. The SMILES string of the molecule is Cc1nccc(CNC(=O)CC2CCC(c3ccccc3)CC2)n1. The molecule has 0 atom stereocenters. The predicted octanol–water partition coefficient (Wildman–Crippen LogP) is 3.77. The molecule has 2 aromatic rings. The van der Waals surface area contributed by atoms with Crippen molar-refractivity contribution >= 4 is 5.91 Å². The van der Waals surface area contributed by atoms with E-state index in [0.29, 0.717) is 24.8 Å². The number of aryl methyl sites for hydroxylation is 1. The molecule has 0 bridgehead atoms. The quantitative estimate of drug-likeness (QED) is 0.911. The minimum Gasteiger partial charge on any atom is -0.350 e. The Hall–Kier alpha value is -2.23. The molecule has 1 heterocycles. The Morgan fingerprint density at radius 2 is 1.88 bits per heavy atom. The van der Waals surface area contributed by atoms with Crippen molar-refractivity contribution in [3.8, 4) is 0 Å². The van der Waals surface area contributed by atoms with E-state index >= 15 is 0 Å². The van der Waals surface area contributed by atoms with Crippen molar-refractivity contribution in [2.24, 2.45) is 5.92 Å². The molecule has 3 rings (SSSR count). The molecule has 4 nitrogen and oxygen atoms in total. The summed E-state index contributed by atoms with van der Waals surface area (Å²) in [7, 11) is 0. The van der Waals surface area contributed by atoms with Crippen LogP contribution in [-0.2, 0) is 11.3 Å². The third-order valence-electron chi connectivity index (χ3n) is 4.89. The summed E-state index contributed by atoms with van der Waals surface area (Å²) in [4.78, 5) is 20.5. The topological polar surface area (TPSA) is 54.9 Å². The van der Waals surface area contributed by atoms with E-state index in [0.717, 1.165) is 24.4 Å². The fraction of sp³-hybridized carbons (Fsp3) is 0.450. The van der Waals surface area contributed by atoms with Gasteiger partial charge in [0.2, 0.25) is 5.91 Å². The maximum atomic E-state index is 12.2. The molecule has 1 amide bonds. The lowest BCUT2D eigenvalue weighted by Gasteiger charge is -2.28. The number of rotatable bonds is 5. The van der Waals surface area contributed by atoms with Crippen molar-refractivity contribution in [1.82, 2.24) is 15.3 Å². The number of aromatic nitrogens is 2. The summed E-state index contributed by atoms with van der Waals surface area (Å²) in [6.07, 6.45) is 7.01. The number of nitrogens with zero attached hydrogens (tertiary/aromatic N) is 2. The molecule has 1 fully saturated rings. The van der Waals surface area contributed by atoms with Gasteiger partial charge in [-0.3, -0.25) is 4.79 Å². The van der Waals surface area contributed by atoms with E-state index in [1.54, 1.807) is 6.20 Å². The van der Waals surface area contributed by atoms with Crippen LogP contribution in [0.3, 0.4) is 0 Å². The molecule has 4 heteroatoms. The van der Waals surface area contributed by atoms with Gasteiger partial charge in [-0.15, -0.1) is 0 Å². The van der Waals surface area contributed by atoms with Crippen LogP contribution in [0.2, 0.25) is 0 Å². The molecule has 0 unspecified atom stereocenters. The summed E-state index contributed by atoms with van der Waals surface area (Å²) in [5, 5.41) is 2.99. The van der Waals surface area contributed by atoms with E-state index in [4.69, 9.17) is 0 Å². The third-order valence-corrected chi connectivity index (χ3v) is 4.89. The van der Waals surface area contributed by atoms with E-state index in [1.807, 2.05) is 13.0 Å². The standard InChI is InChI=1S/C20H25N3O/c1-15-21-12-11-19(23-15)14-22-20(24)13-16-7-9-18(10-8-16)17-5-3-2-4-6-17/h2-6,11-12,16,18H,7-10,13-14H2,1H3,(H,22,24). The summed E-state index contributed by atoms with van der Waals surface area (Å²) in [6, 6.07) is 12.6. The fourth-order valence-electron chi connectivity index (χ4n) is 3.55. The first-order valence-electron chi connectivity index (χ1n) is 8.81. The van der Waals surface area contributed by atoms with Crippen LogP contribution in [0, 0.1) is 12.8 Å². The van der Waals surface area contributed by atoms with Gasteiger partial charge in [0.25, 0.3) is 0 Å². The first kappa shape index (κ1) is 16.6. The lowest BCUT2D eigenvalue weighted by molar-refractivity contribution is -0.122. The largest absolute Gasteiger partial charge is 0.350 e. The normalized spacial score (nSPS) is 20.5. The maximum Gasteiger partial charge on any atom is 0.220 e. The van der Waals surface area contributed by atoms with Crippen LogP contribution in [-0.4, -0.2) is 15.9 Å². The second-order valence-corrected chi connectivity index (χ2v) is 6.70. The van der Waals surface area contributed by atoms with Gasteiger partial charge in [0.15, 0.2) is 0 Å². The molecule has 0 radical (unpaired) electrons. The van der Waals surface area contributed by atoms with E-state index in [-0.39, 0.29) is 5.91 Å². The van der Waals surface area contributed by atoms with Gasteiger partial charge in [-0.2, -0.15) is 0 Å². The number of nitrogens with one attached hydrogen (secondary N) is 1. The summed E-state index contributed by atoms with van der Waals surface area (Å²) in [5.74, 6) is 2.04. The first-order chi connectivity index (χ1) is 11.7. The zero-order valence-electron chi connectivity index (χ0n) is 14.2. The van der Waals surface area contributed by atoms with Crippen molar-refractivity contribution in [3.63, 3.8) is 0 Å². The molecule has 126 valence electrons. The number of carbonyl (C=O) groups excluding carboxylic acids is 1. The number of amides is 1. The summed E-state index contributed by atoms with van der Waals surface area (Å²) in [5.41, 5.74) is 2.31. The average Bonchev–Trinajstić information content (AvgIpc) is 2.61. The van der Waals surface area contributed by atoms with Crippen LogP contribution in [0.4, 0.5) is 0 Å². The Morgan fingerprint density at radius 3 is 2.58 bits per heavy atom. The zero-order valence-corrected chi connectivity index (χ0v) is 14.2. The highest BCUT2D eigenvalue weighted by molar-refractivity contribution is 5.76.